The van der Waals surface area contributed by atoms with Crippen molar-refractivity contribution in [2.45, 2.75) is 0 Å². The monoisotopic (exact) mass is 208 g/mol. The molecule has 0 aromatic heterocycles. The van der Waals surface area contributed by atoms with Gasteiger partial charge in [0.05, 0.1) is 0 Å². The first-order valence-electron chi connectivity index (χ1n) is 0.783. The molecular weight excluding hydrogens is 206 g/mol. The van der Waals surface area contributed by atoms with Crippen LogP contribution in [-0.4, -0.2) is 14.7 Å². The molecular formula is H3CrNiO4P. The van der Waals surface area contributed by atoms with Gasteiger partial charge in [-0.25, -0.2) is 4.57 Å². The van der Waals surface area contributed by atoms with E-state index in [1.807, 2.05) is 0 Å². The molecule has 0 saturated carbocycles. The largest absolute Gasteiger partial charge is 0.466 e. The molecule has 0 spiro atoms. The third kappa shape index (κ3) is 146. The molecule has 4 nitrogen and oxygen atoms in total. The molecule has 0 radical (unpaired) electrons. The van der Waals surface area contributed by atoms with Gasteiger partial charge in [0.15, 0.2) is 0 Å². The Hall–Kier alpha value is 1.14. The number of hydrogen-bond donors (Lipinski definition) is 3. The summed E-state index contributed by atoms with van der Waals surface area (Å²) in [4.78, 5) is 21.6. The van der Waals surface area contributed by atoms with Gasteiger partial charge in [0, 0.05) is 33.9 Å². The Morgan fingerprint density at radius 3 is 1.14 bits per heavy atom. The second-order valence-electron chi connectivity index (χ2n) is 0.513. The van der Waals surface area contributed by atoms with Gasteiger partial charge in [-0.3, -0.25) is 0 Å². The summed E-state index contributed by atoms with van der Waals surface area (Å²) in [5, 5.41) is 0. The van der Waals surface area contributed by atoms with Crippen molar-refractivity contribution in [2.75, 3.05) is 0 Å². The standard InChI is InChI=1S/Cr.Ni.H3O4P/c;;1-5(2,3)4/h;;(H3,1,2,3,4). The Morgan fingerprint density at radius 2 is 1.14 bits per heavy atom. The molecule has 7 heteroatoms. The Labute approximate surface area is 61.2 Å². The SMILES string of the molecule is O=P(O)(O)O.[Cr].[Ni]. The van der Waals surface area contributed by atoms with Crippen LogP contribution in [0.4, 0.5) is 0 Å². The molecule has 0 fully saturated rings. The van der Waals surface area contributed by atoms with Crippen molar-refractivity contribution in [1.29, 1.82) is 0 Å². The van der Waals surface area contributed by atoms with Crippen molar-refractivity contribution in [3.63, 3.8) is 0 Å². The van der Waals surface area contributed by atoms with Gasteiger partial charge in [0.2, 0.25) is 0 Å². The molecule has 0 aliphatic carbocycles. The van der Waals surface area contributed by atoms with Crippen LogP contribution in [-0.2, 0) is 38.4 Å². The predicted molar refractivity (Wildman–Crippen MR) is 14.3 cm³/mol. The van der Waals surface area contributed by atoms with E-state index in [4.69, 9.17) is 19.2 Å². The molecule has 0 rings (SSSR count). The minimum Gasteiger partial charge on any atom is -0.303 e. The third-order valence-electron chi connectivity index (χ3n) is 0. The summed E-state index contributed by atoms with van der Waals surface area (Å²) in [6.45, 7) is 0. The van der Waals surface area contributed by atoms with Gasteiger partial charge in [-0.2, -0.15) is 0 Å². The number of rotatable bonds is 0. The Bertz CT molecular complexity index is 57.8. The average Bonchev–Trinajstić information content (AvgIpc) is 0.722. The van der Waals surface area contributed by atoms with Gasteiger partial charge in [-0.15, -0.1) is 0 Å². The Balaban J connectivity index is -0.0000000800. The van der Waals surface area contributed by atoms with Crippen molar-refractivity contribution in [3.05, 3.63) is 0 Å². The fraction of sp³-hybridized carbons (Fsp3) is 0. The summed E-state index contributed by atoms with van der Waals surface area (Å²) >= 11 is 0. The Kier molecular flexibility index (Phi) is 11.8. The molecule has 0 aromatic carbocycles. The fourth-order valence-electron chi connectivity index (χ4n) is 0. The zero-order valence-electron chi connectivity index (χ0n) is 2.92. The normalized spacial score (nSPS) is 8.43. The van der Waals surface area contributed by atoms with Gasteiger partial charge in [-0.05, 0) is 0 Å². The first-order valence-corrected chi connectivity index (χ1v) is 2.35. The van der Waals surface area contributed by atoms with Gasteiger partial charge in [0.25, 0.3) is 0 Å². The molecule has 0 atom stereocenters. The molecule has 0 amide bonds. The van der Waals surface area contributed by atoms with E-state index >= 15 is 0 Å². The van der Waals surface area contributed by atoms with Crippen molar-refractivity contribution in [1.82, 2.24) is 0 Å². The molecule has 3 N–H and O–H groups in total. The second kappa shape index (κ2) is 5.28. The van der Waals surface area contributed by atoms with E-state index in [1.54, 1.807) is 0 Å². The van der Waals surface area contributed by atoms with Crippen LogP contribution < -0.4 is 0 Å². The van der Waals surface area contributed by atoms with E-state index in [-0.39, 0.29) is 33.9 Å². The van der Waals surface area contributed by atoms with Crippen molar-refractivity contribution in [2.24, 2.45) is 0 Å². The number of phosphoric acid groups is 1. The van der Waals surface area contributed by atoms with Crippen LogP contribution >= 0.6 is 7.82 Å². The fourth-order valence-corrected chi connectivity index (χ4v) is 0. The quantitative estimate of drug-likeness (QED) is 0.355. The predicted octanol–water partition coefficient (Wildman–Crippen LogP) is -0.934. The van der Waals surface area contributed by atoms with E-state index in [0.717, 1.165) is 0 Å². The smallest absolute Gasteiger partial charge is 0.303 e. The zero-order chi connectivity index (χ0) is 4.50. The second-order valence-corrected chi connectivity index (χ2v) is 1.54. The van der Waals surface area contributed by atoms with E-state index in [9.17, 15) is 0 Å². The Morgan fingerprint density at radius 1 is 1.14 bits per heavy atom. The maximum atomic E-state index is 8.88. The van der Waals surface area contributed by atoms with E-state index in [1.165, 1.54) is 0 Å². The topological polar surface area (TPSA) is 77.8 Å². The van der Waals surface area contributed by atoms with Crippen LogP contribution in [0.15, 0.2) is 0 Å². The maximum absolute atomic E-state index is 8.88. The first kappa shape index (κ1) is 15.7. The summed E-state index contributed by atoms with van der Waals surface area (Å²) in [6, 6.07) is 0. The van der Waals surface area contributed by atoms with Crippen LogP contribution in [0.2, 0.25) is 0 Å². The summed E-state index contributed by atoms with van der Waals surface area (Å²) in [5.41, 5.74) is 0. The van der Waals surface area contributed by atoms with E-state index in [0.29, 0.717) is 0 Å². The summed E-state index contributed by atoms with van der Waals surface area (Å²) in [5.74, 6) is 0. The molecule has 7 heavy (non-hydrogen) atoms. The molecule has 0 unspecified atom stereocenters. The average molecular weight is 209 g/mol. The summed E-state index contributed by atoms with van der Waals surface area (Å²) in [6.07, 6.45) is 0. The van der Waals surface area contributed by atoms with Gasteiger partial charge >= 0.3 is 7.82 Å². The number of hydrogen-bond acceptors (Lipinski definition) is 1. The minimum absolute atomic E-state index is 0. The molecule has 0 heterocycles. The van der Waals surface area contributed by atoms with E-state index < -0.39 is 7.82 Å². The van der Waals surface area contributed by atoms with Gasteiger partial charge < -0.3 is 14.7 Å². The maximum Gasteiger partial charge on any atom is 0.466 e. The van der Waals surface area contributed by atoms with E-state index in [2.05, 4.69) is 0 Å². The van der Waals surface area contributed by atoms with Crippen LogP contribution in [0.5, 0.6) is 0 Å². The molecule has 0 aromatic rings. The van der Waals surface area contributed by atoms with Gasteiger partial charge in [-0.1, -0.05) is 0 Å². The van der Waals surface area contributed by atoms with Crippen LogP contribution in [0.1, 0.15) is 0 Å². The van der Waals surface area contributed by atoms with Crippen molar-refractivity contribution in [3.8, 4) is 0 Å². The van der Waals surface area contributed by atoms with Gasteiger partial charge in [0.1, 0.15) is 0 Å². The summed E-state index contributed by atoms with van der Waals surface area (Å²) in [7, 11) is -4.64. The summed E-state index contributed by atoms with van der Waals surface area (Å²) < 4.78 is 8.88. The van der Waals surface area contributed by atoms with Crippen LogP contribution in [0.25, 0.3) is 0 Å². The molecule has 48 valence electrons. The van der Waals surface area contributed by atoms with Crippen molar-refractivity contribution >= 4 is 7.82 Å². The molecule has 0 bridgehead atoms. The molecule has 0 aliphatic rings. The third-order valence-corrected chi connectivity index (χ3v) is 0. The molecule has 0 aliphatic heterocycles. The minimum atomic E-state index is -4.64. The van der Waals surface area contributed by atoms with Crippen molar-refractivity contribution < 1.29 is 53.1 Å². The molecule has 0 saturated heterocycles. The van der Waals surface area contributed by atoms with Crippen LogP contribution in [0, 0.1) is 0 Å². The zero-order valence-corrected chi connectivity index (χ0v) is 6.08. The first-order chi connectivity index (χ1) is 2.00. The van der Waals surface area contributed by atoms with Crippen LogP contribution in [0.3, 0.4) is 0 Å².